The first kappa shape index (κ1) is 47.7. The first-order valence-corrected chi connectivity index (χ1v) is 22.1. The van der Waals surface area contributed by atoms with Crippen molar-refractivity contribution in [2.45, 2.75) is 73.1 Å². The summed E-state index contributed by atoms with van der Waals surface area (Å²) in [4.78, 5) is 43.8. The number of nitrogens with one attached hydrogen (secondary N) is 2. The van der Waals surface area contributed by atoms with E-state index in [1.54, 1.807) is 6.07 Å². The summed E-state index contributed by atoms with van der Waals surface area (Å²) >= 11 is 3.35. The Bertz CT molecular complexity index is 1830. The first-order chi connectivity index (χ1) is 28.9. The summed E-state index contributed by atoms with van der Waals surface area (Å²) in [5.41, 5.74) is 6.30. The number of hydrogen-bond donors (Lipinski definition) is 3. The molecule has 11 nitrogen and oxygen atoms in total. The Kier molecular flexibility index (Phi) is 20.4. The number of carbonyl (C=O) groups excluding carboxylic acids is 3. The van der Waals surface area contributed by atoms with Crippen molar-refractivity contribution < 1.29 is 29.0 Å². The van der Waals surface area contributed by atoms with E-state index in [2.05, 4.69) is 123 Å². The maximum absolute atomic E-state index is 12.3. The van der Waals surface area contributed by atoms with E-state index in [1.165, 1.54) is 40.3 Å². The van der Waals surface area contributed by atoms with E-state index in [1.807, 2.05) is 26.0 Å². The molecule has 7 rings (SSSR count). The van der Waals surface area contributed by atoms with E-state index < -0.39 is 0 Å². The molecule has 3 aliphatic heterocycles. The van der Waals surface area contributed by atoms with E-state index in [0.29, 0.717) is 19.0 Å². The Morgan fingerprint density at radius 2 is 1.07 bits per heavy atom. The van der Waals surface area contributed by atoms with Gasteiger partial charge in [0.2, 0.25) is 5.91 Å². The number of hydrogen-bond acceptors (Lipinski definition) is 10. The number of carbonyl (C=O) groups is 3. The zero-order valence-electron chi connectivity index (χ0n) is 36.0. The molecule has 3 N–H and O–H groups in total. The van der Waals surface area contributed by atoms with Gasteiger partial charge < -0.3 is 35.0 Å². The van der Waals surface area contributed by atoms with Crippen molar-refractivity contribution in [1.29, 1.82) is 0 Å². The minimum atomic E-state index is -0.0268. The van der Waals surface area contributed by atoms with Crippen LogP contribution < -0.4 is 20.4 Å². The van der Waals surface area contributed by atoms with Crippen molar-refractivity contribution in [3.8, 4) is 5.75 Å². The van der Waals surface area contributed by atoms with E-state index in [0.717, 1.165) is 82.3 Å². The number of halogens is 1. The molecule has 0 unspecified atom stereocenters. The fourth-order valence-corrected chi connectivity index (χ4v) is 7.35. The van der Waals surface area contributed by atoms with E-state index in [9.17, 15) is 19.5 Å². The van der Waals surface area contributed by atoms with Crippen LogP contribution in [0.5, 0.6) is 5.75 Å². The molecule has 0 atom stereocenters. The minimum Gasteiger partial charge on any atom is -0.506 e. The molecule has 0 bridgehead atoms. The van der Waals surface area contributed by atoms with Gasteiger partial charge in [-0.3, -0.25) is 14.4 Å². The largest absolute Gasteiger partial charge is 0.506 e. The number of anilines is 3. The molecular formula is C48H64BrN5O6. The smallest absolute Gasteiger partial charge is 0.309 e. The third kappa shape index (κ3) is 16.6. The lowest BCUT2D eigenvalue weighted by Gasteiger charge is -2.33. The second-order valence-corrected chi connectivity index (χ2v) is 16.3. The van der Waals surface area contributed by atoms with Crippen molar-refractivity contribution in [2.75, 3.05) is 67.6 Å². The van der Waals surface area contributed by atoms with Gasteiger partial charge in [-0.1, -0.05) is 69.0 Å². The van der Waals surface area contributed by atoms with Gasteiger partial charge in [0.15, 0.2) is 0 Å². The Balaban J connectivity index is 0.000000190. The number of ether oxygens (including phenoxy) is 2. The fourth-order valence-electron chi connectivity index (χ4n) is 7.08. The molecule has 324 valence electrons. The average Bonchev–Trinajstić information content (AvgIpc) is 3.27. The Morgan fingerprint density at radius 1 is 0.650 bits per heavy atom. The monoisotopic (exact) mass is 885 g/mol. The molecule has 0 radical (unpaired) electrons. The van der Waals surface area contributed by atoms with Gasteiger partial charge in [0.05, 0.1) is 31.2 Å². The molecule has 3 aromatic carbocycles. The first-order valence-electron chi connectivity index (χ1n) is 21.3. The predicted molar refractivity (Wildman–Crippen MR) is 245 cm³/mol. The highest BCUT2D eigenvalue weighted by Crippen LogP contribution is 2.26. The summed E-state index contributed by atoms with van der Waals surface area (Å²) in [5.74, 6) is 0.778. The van der Waals surface area contributed by atoms with Crippen molar-refractivity contribution in [1.82, 2.24) is 10.3 Å². The molecule has 12 heteroatoms. The van der Waals surface area contributed by atoms with E-state index in [4.69, 9.17) is 9.47 Å². The molecule has 4 aromatic rings. The summed E-state index contributed by atoms with van der Waals surface area (Å²) in [5, 5.41) is 15.2. The molecule has 0 aliphatic carbocycles. The average molecular weight is 887 g/mol. The highest BCUT2D eigenvalue weighted by Gasteiger charge is 2.27. The second-order valence-electron chi connectivity index (χ2n) is 15.4. The van der Waals surface area contributed by atoms with Crippen LogP contribution in [0.3, 0.4) is 0 Å². The zero-order valence-corrected chi connectivity index (χ0v) is 37.6. The number of benzene rings is 3. The van der Waals surface area contributed by atoms with Gasteiger partial charge >= 0.3 is 11.9 Å². The summed E-state index contributed by atoms with van der Waals surface area (Å²) < 4.78 is 11.1. The fraction of sp³-hybridized carbons (Fsp3) is 0.458. The van der Waals surface area contributed by atoms with Crippen LogP contribution in [0.4, 0.5) is 17.2 Å². The number of pyridine rings is 1. The van der Waals surface area contributed by atoms with Crippen LogP contribution in [0.1, 0.15) is 69.1 Å². The predicted octanol–water partition coefficient (Wildman–Crippen LogP) is 9.03. The maximum atomic E-state index is 12.3. The van der Waals surface area contributed by atoms with Gasteiger partial charge in [-0.2, -0.15) is 0 Å². The quantitative estimate of drug-likeness (QED) is 0.147. The lowest BCUT2D eigenvalue weighted by molar-refractivity contribution is -0.149. The number of esters is 2. The van der Waals surface area contributed by atoms with Crippen LogP contribution in [0, 0.1) is 38.5 Å². The van der Waals surface area contributed by atoms with E-state index >= 15 is 0 Å². The highest BCUT2D eigenvalue weighted by atomic mass is 79.9. The minimum absolute atomic E-state index is 0.00625. The third-order valence-electron chi connectivity index (χ3n) is 10.7. The number of amides is 1. The van der Waals surface area contributed by atoms with Crippen LogP contribution in [0.2, 0.25) is 0 Å². The normalized spacial score (nSPS) is 15.8. The summed E-state index contributed by atoms with van der Waals surface area (Å²) in [6, 6.07) is 28.4. The molecule has 0 saturated carbocycles. The summed E-state index contributed by atoms with van der Waals surface area (Å²) in [6.07, 6.45) is 6.64. The topological polar surface area (TPSA) is 133 Å². The van der Waals surface area contributed by atoms with Crippen LogP contribution in [-0.2, 0) is 23.9 Å². The van der Waals surface area contributed by atoms with Crippen LogP contribution in [-0.4, -0.2) is 80.4 Å². The standard InChI is InChI=1S/C18H21N3O2.C15H21NO2.C8H15NO2.C7H7Br/c1-13-2-4-15(5-3-13)21-10-8-14(9-11-21)18(23)20-17-7-6-16(22)12-19-17;1-3-18-15(17)13-8-10-16(11-9-13)14-6-4-12(2)5-7-14;1-2-11-8(10)7-3-5-9-6-4-7;1-6-2-4-7(8)5-3-6/h2-7,12,14,22H,8-11H2,1H3,(H,19,20,23);4-7,13H,3,8-11H2,1-2H3;7,9H,2-6H2,1H3;2-5H,1H3. The molecule has 3 aliphatic rings. The SMILES string of the molecule is CCOC(=O)C1CCN(c2ccc(C)cc2)CC1.CCOC(=O)C1CCNCC1.Cc1ccc(Br)cc1.Cc1ccc(N2CCC(C(=O)Nc3ccc(O)cn3)CC2)cc1. The number of aromatic hydroxyl groups is 1. The van der Waals surface area contributed by atoms with Crippen molar-refractivity contribution >= 4 is 51.0 Å². The summed E-state index contributed by atoms with van der Waals surface area (Å²) in [6.45, 7) is 16.5. The zero-order chi connectivity index (χ0) is 43.3. The number of piperidine rings is 3. The van der Waals surface area contributed by atoms with Gasteiger partial charge in [0.25, 0.3) is 0 Å². The Labute approximate surface area is 365 Å². The second kappa shape index (κ2) is 25.6. The molecule has 3 fully saturated rings. The lowest BCUT2D eigenvalue weighted by Crippen LogP contribution is -2.38. The van der Waals surface area contributed by atoms with Crippen LogP contribution in [0.15, 0.2) is 95.6 Å². The molecule has 0 spiro atoms. The number of aromatic nitrogens is 1. The van der Waals surface area contributed by atoms with Crippen LogP contribution in [0.25, 0.3) is 0 Å². The highest BCUT2D eigenvalue weighted by molar-refractivity contribution is 9.10. The van der Waals surface area contributed by atoms with Gasteiger partial charge in [-0.15, -0.1) is 0 Å². The van der Waals surface area contributed by atoms with Crippen molar-refractivity contribution in [3.05, 3.63) is 112 Å². The van der Waals surface area contributed by atoms with Gasteiger partial charge in [-0.05, 0) is 135 Å². The van der Waals surface area contributed by atoms with Gasteiger partial charge in [0.1, 0.15) is 11.6 Å². The maximum Gasteiger partial charge on any atom is 0.309 e. The Hall–Kier alpha value is -4.94. The number of rotatable bonds is 8. The summed E-state index contributed by atoms with van der Waals surface area (Å²) in [7, 11) is 0. The molecule has 1 amide bonds. The molecule has 4 heterocycles. The van der Waals surface area contributed by atoms with Gasteiger partial charge in [0, 0.05) is 47.9 Å². The van der Waals surface area contributed by atoms with Crippen molar-refractivity contribution in [3.63, 3.8) is 0 Å². The molecule has 3 saturated heterocycles. The molecule has 1 aromatic heterocycles. The van der Waals surface area contributed by atoms with Crippen LogP contribution >= 0.6 is 15.9 Å². The third-order valence-corrected chi connectivity index (χ3v) is 11.3. The van der Waals surface area contributed by atoms with Crippen molar-refractivity contribution in [2.24, 2.45) is 17.8 Å². The number of aryl methyl sites for hydroxylation is 3. The lowest BCUT2D eigenvalue weighted by atomic mass is 9.95. The van der Waals surface area contributed by atoms with Gasteiger partial charge in [-0.25, -0.2) is 4.98 Å². The Morgan fingerprint density at radius 3 is 1.47 bits per heavy atom. The molecular weight excluding hydrogens is 822 g/mol. The number of nitrogens with zero attached hydrogens (tertiary/aromatic N) is 3. The molecule has 60 heavy (non-hydrogen) atoms. The van der Waals surface area contributed by atoms with E-state index in [-0.39, 0.29) is 41.3 Å².